The van der Waals surface area contributed by atoms with E-state index in [0.717, 1.165) is 36.4 Å². The Morgan fingerprint density at radius 3 is 1.22 bits per heavy atom. The van der Waals surface area contributed by atoms with E-state index >= 15 is 22.0 Å². The molecular formula is C31H4F10N8. The molecule has 18 heteroatoms. The number of alkyl halides is 3. The van der Waals surface area contributed by atoms with Gasteiger partial charge in [0.25, 0.3) is 0 Å². The van der Waals surface area contributed by atoms with Crippen molar-refractivity contribution >= 4 is 17.4 Å². The molecule has 0 radical (unpaired) electrons. The predicted molar refractivity (Wildman–Crippen MR) is 140 cm³/mol. The van der Waals surface area contributed by atoms with E-state index in [-0.39, 0.29) is 6.21 Å². The zero-order chi connectivity index (χ0) is 36.7. The predicted octanol–water partition coefficient (Wildman–Crippen LogP) is 6.58. The average Bonchev–Trinajstić information content (AvgIpc) is 3.78. The van der Waals surface area contributed by atoms with Crippen LogP contribution < -0.4 is 0 Å². The summed E-state index contributed by atoms with van der Waals surface area (Å²) in [4.78, 5) is 3.19. The van der Waals surface area contributed by atoms with Gasteiger partial charge in [0.15, 0.2) is 34.9 Å². The summed E-state index contributed by atoms with van der Waals surface area (Å²) in [6.07, 6.45) is -5.12. The fourth-order valence-electron chi connectivity index (χ4n) is 4.97. The fraction of sp³-hybridized carbons (Fsp3) is 0.0968. The van der Waals surface area contributed by atoms with Gasteiger partial charge < -0.3 is 0 Å². The van der Waals surface area contributed by atoms with Gasteiger partial charge in [-0.1, -0.05) is 0 Å². The molecule has 0 amide bonds. The van der Waals surface area contributed by atoms with Crippen molar-refractivity contribution in [2.75, 3.05) is 6.54 Å². The third-order valence-corrected chi connectivity index (χ3v) is 7.12. The topological polar surface area (TPSA) is 179 Å². The molecule has 0 spiro atoms. The van der Waals surface area contributed by atoms with Gasteiger partial charge in [-0.15, -0.1) is 0 Å². The Hall–Kier alpha value is -7.20. The largest absolute Gasteiger partial charge is 0.397 e. The van der Waals surface area contributed by atoms with Gasteiger partial charge in [-0.3, -0.25) is 4.99 Å². The van der Waals surface area contributed by atoms with Crippen molar-refractivity contribution in [3.8, 4) is 42.5 Å². The highest BCUT2D eigenvalue weighted by molar-refractivity contribution is 6.08. The second-order valence-corrected chi connectivity index (χ2v) is 9.52. The number of aliphatic imine (C=N–C) groups is 1. The van der Waals surface area contributed by atoms with E-state index in [2.05, 4.69) is 4.99 Å². The smallest absolute Gasteiger partial charge is 0.289 e. The van der Waals surface area contributed by atoms with Crippen LogP contribution in [0.4, 0.5) is 43.9 Å². The minimum Gasteiger partial charge on any atom is -0.289 e. The van der Waals surface area contributed by atoms with E-state index in [1.165, 1.54) is 6.07 Å². The van der Waals surface area contributed by atoms with Gasteiger partial charge in [0.2, 0.25) is 0 Å². The molecule has 1 unspecified atom stereocenters. The van der Waals surface area contributed by atoms with Crippen LogP contribution in [0.5, 0.6) is 0 Å². The number of dihydropyridines is 1. The molecule has 1 saturated carbocycles. The van der Waals surface area contributed by atoms with Gasteiger partial charge in [0.1, 0.15) is 76.5 Å². The van der Waals surface area contributed by atoms with Crippen LogP contribution in [-0.2, 0) is 0 Å². The summed E-state index contributed by atoms with van der Waals surface area (Å²) in [6.45, 7) is -1.25. The zero-order valence-corrected chi connectivity index (χ0v) is 23.2. The normalized spacial score (nSPS) is 17.0. The molecule has 2 aromatic carbocycles. The number of hydrogen-bond donors (Lipinski definition) is 0. The Balaban J connectivity index is 2.36. The van der Waals surface area contributed by atoms with Gasteiger partial charge in [0.05, 0.1) is 40.6 Å². The van der Waals surface area contributed by atoms with Crippen LogP contribution in [0.3, 0.4) is 0 Å². The second kappa shape index (κ2) is 12.5. The SMILES string of the molecule is N#CC(=C1C(=C(C#N)c2c(F)c(F)c(C#N)c(C#N)c2F)C1=C(C#N)c1c(F)c(F)c(C#N)c(C#N)c1F)C1=C(F)C=NCC1C(F)(F)F. The first-order valence-corrected chi connectivity index (χ1v) is 12.6. The Kier molecular flexibility index (Phi) is 8.87. The number of nitriles is 7. The molecule has 4 rings (SSSR count). The first-order chi connectivity index (χ1) is 23.1. The molecule has 1 fully saturated rings. The van der Waals surface area contributed by atoms with E-state index < -0.39 is 132 Å². The van der Waals surface area contributed by atoms with Crippen LogP contribution in [0.2, 0.25) is 0 Å². The number of allylic oxidation sites excluding steroid dienone is 7. The summed E-state index contributed by atoms with van der Waals surface area (Å²) < 4.78 is 148. The van der Waals surface area contributed by atoms with Gasteiger partial charge in [-0.25, -0.2) is 30.7 Å². The van der Waals surface area contributed by atoms with Gasteiger partial charge >= 0.3 is 6.18 Å². The Morgan fingerprint density at radius 1 is 0.551 bits per heavy atom. The van der Waals surface area contributed by atoms with Crippen LogP contribution in [-0.4, -0.2) is 18.9 Å². The van der Waals surface area contributed by atoms with Crippen LogP contribution >= 0.6 is 0 Å². The highest BCUT2D eigenvalue weighted by Gasteiger charge is 2.50. The standard InChI is InChI=1S/C31H4F10N8/c32-18-9-49-8-17(31(39,40)41)19(18)14(5-46)20-21(15(6-47)23-25(33)10(1-42)12(3-44)27(35)29(23)37)22(20)16(7-48)24-26(34)11(2-43)13(4-45)28(36)30(24)38/h9,17H,8H2. The van der Waals surface area contributed by atoms with E-state index in [4.69, 9.17) is 10.5 Å². The number of halogens is 10. The van der Waals surface area contributed by atoms with Crippen molar-refractivity contribution in [2.45, 2.75) is 6.18 Å². The summed E-state index contributed by atoms with van der Waals surface area (Å²) >= 11 is 0. The van der Waals surface area contributed by atoms with Crippen molar-refractivity contribution in [2.24, 2.45) is 10.9 Å². The maximum Gasteiger partial charge on any atom is 0.397 e. The third-order valence-electron chi connectivity index (χ3n) is 7.12. The van der Waals surface area contributed by atoms with Crippen molar-refractivity contribution in [3.63, 3.8) is 0 Å². The molecule has 0 saturated heterocycles. The van der Waals surface area contributed by atoms with Gasteiger partial charge in [0, 0.05) is 22.3 Å². The fourth-order valence-corrected chi connectivity index (χ4v) is 4.97. The lowest BCUT2D eigenvalue weighted by atomic mass is 9.88. The molecule has 1 atom stereocenters. The Morgan fingerprint density at radius 2 is 0.898 bits per heavy atom. The molecule has 2 aliphatic rings. The second-order valence-electron chi connectivity index (χ2n) is 9.52. The van der Waals surface area contributed by atoms with Crippen molar-refractivity contribution in [1.29, 1.82) is 36.8 Å². The molecule has 0 bridgehead atoms. The highest BCUT2D eigenvalue weighted by atomic mass is 19.4. The lowest BCUT2D eigenvalue weighted by molar-refractivity contribution is -0.161. The maximum absolute atomic E-state index is 15.5. The van der Waals surface area contributed by atoms with Crippen LogP contribution in [0.1, 0.15) is 33.4 Å². The van der Waals surface area contributed by atoms with Crippen LogP contribution in [0.25, 0.3) is 11.1 Å². The number of benzene rings is 2. The maximum atomic E-state index is 15.5. The third kappa shape index (κ3) is 5.19. The Labute approximate surface area is 266 Å². The first kappa shape index (κ1) is 34.7. The molecule has 1 aliphatic carbocycles. The van der Waals surface area contributed by atoms with Gasteiger partial charge in [-0.2, -0.15) is 50.0 Å². The first-order valence-electron chi connectivity index (χ1n) is 12.6. The molecule has 238 valence electrons. The number of hydrogen-bond acceptors (Lipinski definition) is 8. The summed E-state index contributed by atoms with van der Waals surface area (Å²) in [7, 11) is 0. The van der Waals surface area contributed by atoms with Gasteiger partial charge in [-0.05, 0) is 0 Å². The van der Waals surface area contributed by atoms with E-state index in [1.807, 2.05) is 0 Å². The minimum atomic E-state index is -5.36. The van der Waals surface area contributed by atoms with Crippen molar-refractivity contribution in [3.05, 3.63) is 102 Å². The molecule has 8 nitrogen and oxygen atoms in total. The molecule has 49 heavy (non-hydrogen) atoms. The molecule has 2 aromatic rings. The van der Waals surface area contributed by atoms with E-state index in [9.17, 15) is 48.3 Å². The summed E-state index contributed by atoms with van der Waals surface area (Å²) in [5.74, 6) is -18.2. The quantitative estimate of drug-likeness (QED) is 0.200. The van der Waals surface area contributed by atoms with E-state index in [0.29, 0.717) is 0 Å². The number of rotatable bonds is 3. The summed E-state index contributed by atoms with van der Waals surface area (Å²) in [5, 5.41) is 66.7. The summed E-state index contributed by atoms with van der Waals surface area (Å²) in [5.41, 5.74) is -19.4. The summed E-state index contributed by atoms with van der Waals surface area (Å²) in [6, 6.07) is 7.52. The lowest BCUT2D eigenvalue weighted by Crippen LogP contribution is -2.31. The molecule has 0 N–H and O–H groups in total. The monoisotopic (exact) mass is 678 g/mol. The molecule has 1 aliphatic heterocycles. The average molecular weight is 678 g/mol. The van der Waals surface area contributed by atoms with Crippen LogP contribution in [0, 0.1) is 120 Å². The minimum absolute atomic E-state index is 0.240. The van der Waals surface area contributed by atoms with Crippen LogP contribution in [0.15, 0.2) is 38.7 Å². The molecule has 0 aromatic heterocycles. The zero-order valence-electron chi connectivity index (χ0n) is 23.2. The lowest BCUT2D eigenvalue weighted by Gasteiger charge is -2.23. The molecule has 1 heterocycles. The molecular weight excluding hydrogens is 674 g/mol. The van der Waals surface area contributed by atoms with Crippen molar-refractivity contribution < 1.29 is 43.9 Å². The van der Waals surface area contributed by atoms with Crippen molar-refractivity contribution in [1.82, 2.24) is 0 Å². The van der Waals surface area contributed by atoms with E-state index in [1.54, 1.807) is 0 Å². The Bertz CT molecular complexity index is 2270. The highest BCUT2D eigenvalue weighted by Crippen LogP contribution is 2.57. The number of nitrogens with zero attached hydrogens (tertiary/aromatic N) is 8.